The van der Waals surface area contributed by atoms with Gasteiger partial charge in [-0.05, 0) is 41.0 Å². The van der Waals surface area contributed by atoms with Crippen LogP contribution in [0, 0.1) is 0 Å². The van der Waals surface area contributed by atoms with Crippen LogP contribution in [0.25, 0.3) is 0 Å². The Bertz CT molecular complexity index is 1570. The lowest BCUT2D eigenvalue weighted by Crippen LogP contribution is -2.38. The van der Waals surface area contributed by atoms with E-state index in [0.717, 1.165) is 16.7 Å². The molecule has 0 saturated heterocycles. The lowest BCUT2D eigenvalue weighted by atomic mass is 9.80. The van der Waals surface area contributed by atoms with Gasteiger partial charge in [0.1, 0.15) is 12.2 Å². The molecule has 5 aromatic rings. The van der Waals surface area contributed by atoms with E-state index in [0.29, 0.717) is 36.2 Å². The van der Waals surface area contributed by atoms with E-state index in [1.54, 1.807) is 12.1 Å². The highest BCUT2D eigenvalue weighted by atomic mass is 16.7. The molecule has 0 bridgehead atoms. The van der Waals surface area contributed by atoms with Crippen molar-refractivity contribution in [3.63, 3.8) is 0 Å². The third-order valence-corrected chi connectivity index (χ3v) is 7.73. The second-order valence-corrected chi connectivity index (χ2v) is 10.9. The molecule has 254 valence electrons. The van der Waals surface area contributed by atoms with Gasteiger partial charge in [-0.15, -0.1) is 0 Å². The predicted molar refractivity (Wildman–Crippen MR) is 183 cm³/mol. The zero-order valence-corrected chi connectivity index (χ0v) is 27.2. The average Bonchev–Trinajstić information content (AvgIpc) is 3.16. The van der Waals surface area contributed by atoms with E-state index >= 15 is 0 Å². The summed E-state index contributed by atoms with van der Waals surface area (Å²) in [6.07, 6.45) is -0.848. The van der Waals surface area contributed by atoms with E-state index in [4.69, 9.17) is 42.6 Å². The van der Waals surface area contributed by atoms with Gasteiger partial charge in [0.25, 0.3) is 0 Å². The molecule has 9 heteroatoms. The van der Waals surface area contributed by atoms with Crippen molar-refractivity contribution in [3.8, 4) is 23.0 Å². The molecule has 0 saturated carbocycles. The first-order valence-electron chi connectivity index (χ1n) is 16.2. The summed E-state index contributed by atoms with van der Waals surface area (Å²) in [6, 6.07) is 45.2. The van der Waals surface area contributed by atoms with Crippen molar-refractivity contribution in [2.45, 2.75) is 11.9 Å². The molecule has 0 fully saturated rings. The molecule has 5 aromatic carbocycles. The van der Waals surface area contributed by atoms with Gasteiger partial charge in [0.15, 0.2) is 43.4 Å². The molecule has 1 aliphatic rings. The van der Waals surface area contributed by atoms with Crippen LogP contribution in [-0.4, -0.2) is 59.7 Å². The van der Waals surface area contributed by atoms with Gasteiger partial charge < -0.3 is 42.6 Å². The summed E-state index contributed by atoms with van der Waals surface area (Å²) in [5.41, 5.74) is 1.93. The molecule has 1 aliphatic heterocycles. The summed E-state index contributed by atoms with van der Waals surface area (Å²) in [7, 11) is 0. The van der Waals surface area contributed by atoms with E-state index in [2.05, 4.69) is 36.4 Å². The van der Waals surface area contributed by atoms with Gasteiger partial charge in [-0.1, -0.05) is 115 Å². The number of ether oxygens (including phenoxy) is 9. The summed E-state index contributed by atoms with van der Waals surface area (Å²) in [5, 5.41) is 0. The average molecular weight is 665 g/mol. The first kappa shape index (κ1) is 34.0. The summed E-state index contributed by atoms with van der Waals surface area (Å²) in [4.78, 5) is 0. The molecule has 1 unspecified atom stereocenters. The number of fused-ring (bicyclic) bond motifs is 2. The van der Waals surface area contributed by atoms with Gasteiger partial charge in [-0.2, -0.15) is 0 Å². The van der Waals surface area contributed by atoms with Crippen LogP contribution in [0.1, 0.15) is 16.7 Å². The van der Waals surface area contributed by atoms with Crippen molar-refractivity contribution in [2.24, 2.45) is 0 Å². The Morgan fingerprint density at radius 3 is 1.27 bits per heavy atom. The van der Waals surface area contributed by atoms with Crippen LogP contribution in [0.3, 0.4) is 0 Å². The molecular weight excluding hydrogens is 624 g/mol. The highest BCUT2D eigenvalue weighted by Gasteiger charge is 2.38. The fourth-order valence-electron chi connectivity index (χ4n) is 5.42. The number of hydrogen-bond acceptors (Lipinski definition) is 9. The first-order valence-corrected chi connectivity index (χ1v) is 16.2. The molecule has 1 atom stereocenters. The van der Waals surface area contributed by atoms with Gasteiger partial charge >= 0.3 is 0 Å². The van der Waals surface area contributed by atoms with E-state index in [1.807, 2.05) is 91.0 Å². The summed E-state index contributed by atoms with van der Waals surface area (Å²) in [6.45, 7) is 1.14. The fourth-order valence-corrected chi connectivity index (χ4v) is 5.42. The van der Waals surface area contributed by atoms with Gasteiger partial charge in [0.2, 0.25) is 6.29 Å². The van der Waals surface area contributed by atoms with Crippen molar-refractivity contribution in [3.05, 3.63) is 156 Å². The maximum atomic E-state index is 7.03. The zero-order valence-electron chi connectivity index (χ0n) is 27.2. The van der Waals surface area contributed by atoms with Crippen LogP contribution < -0.4 is 18.9 Å². The van der Waals surface area contributed by atoms with Gasteiger partial charge in [-0.3, -0.25) is 0 Å². The smallest absolute Gasteiger partial charge is 0.223 e. The molecular formula is C40H40O9. The Hall–Kier alpha value is -4.90. The Morgan fingerprint density at radius 2 is 0.816 bits per heavy atom. The Kier molecular flexibility index (Phi) is 12.5. The minimum Gasteiger partial charge on any atom is -0.464 e. The van der Waals surface area contributed by atoms with Gasteiger partial charge in [0, 0.05) is 0 Å². The van der Waals surface area contributed by atoms with Crippen molar-refractivity contribution < 1.29 is 42.6 Å². The van der Waals surface area contributed by atoms with Crippen LogP contribution in [0.5, 0.6) is 23.0 Å². The number of rotatable bonds is 6. The van der Waals surface area contributed by atoms with Crippen molar-refractivity contribution in [1.29, 1.82) is 0 Å². The molecule has 0 aliphatic carbocycles. The lowest BCUT2D eigenvalue weighted by molar-refractivity contribution is -0.155. The third kappa shape index (κ3) is 9.17. The van der Waals surface area contributed by atoms with Crippen molar-refractivity contribution in [2.75, 3.05) is 53.4 Å². The molecule has 9 nitrogen and oxygen atoms in total. The van der Waals surface area contributed by atoms with Crippen molar-refractivity contribution in [1.82, 2.24) is 0 Å². The Labute approximate surface area is 286 Å². The largest absolute Gasteiger partial charge is 0.464 e. The highest BCUT2D eigenvalue weighted by Crippen LogP contribution is 2.41. The van der Waals surface area contributed by atoms with E-state index in [-0.39, 0.29) is 40.2 Å². The fraction of sp³-hybridized carbons (Fsp3) is 0.250. The van der Waals surface area contributed by atoms with Crippen LogP contribution in [0.2, 0.25) is 0 Å². The zero-order chi connectivity index (χ0) is 33.4. The number of benzene rings is 5. The standard InChI is InChI=1S/C40H40O9/c1-4-14-32(15-5-1)40(33-16-6-2-7-17-33,34-18-8-3-9-19-34)48-28-39-44-27-26-43-31-46-36-21-11-10-20-35(36)45-29-41-24-25-42-30-47-37-22-12-13-23-38(37)49-39/h1-23,39H,24-31H2. The minimum atomic E-state index is -0.967. The van der Waals surface area contributed by atoms with Crippen LogP contribution in [-0.2, 0) is 29.3 Å². The lowest BCUT2D eigenvalue weighted by Gasteiger charge is -2.37. The van der Waals surface area contributed by atoms with Crippen LogP contribution >= 0.6 is 0 Å². The molecule has 0 spiro atoms. The SMILES string of the molecule is c1ccc(C(OCC2OCCOCOc3ccccc3OCOCCOCOc3ccccc3O2)(c2ccccc2)c2ccccc2)cc1. The van der Waals surface area contributed by atoms with E-state index < -0.39 is 11.9 Å². The second-order valence-electron chi connectivity index (χ2n) is 10.9. The maximum absolute atomic E-state index is 7.03. The molecule has 0 amide bonds. The van der Waals surface area contributed by atoms with Gasteiger partial charge in [0.05, 0.1) is 26.4 Å². The summed E-state index contributed by atoms with van der Waals surface area (Å²) < 4.78 is 54.3. The van der Waals surface area contributed by atoms with E-state index in [1.165, 1.54) is 0 Å². The molecule has 1 heterocycles. The summed E-state index contributed by atoms with van der Waals surface area (Å²) in [5.74, 6) is 2.05. The number of para-hydroxylation sites is 4. The maximum Gasteiger partial charge on any atom is 0.223 e. The number of hydrogen-bond donors (Lipinski definition) is 0. The monoisotopic (exact) mass is 664 g/mol. The molecule has 0 aromatic heterocycles. The molecule has 49 heavy (non-hydrogen) atoms. The Balaban J connectivity index is 1.25. The van der Waals surface area contributed by atoms with Gasteiger partial charge in [-0.25, -0.2) is 0 Å². The van der Waals surface area contributed by atoms with Crippen molar-refractivity contribution >= 4 is 0 Å². The summed E-state index contributed by atoms with van der Waals surface area (Å²) >= 11 is 0. The quantitative estimate of drug-likeness (QED) is 0.175. The molecule has 0 radical (unpaired) electrons. The first-order chi connectivity index (χ1) is 24.3. The Morgan fingerprint density at radius 1 is 0.449 bits per heavy atom. The minimum absolute atomic E-state index is 0.00371. The van der Waals surface area contributed by atoms with E-state index in [9.17, 15) is 0 Å². The van der Waals surface area contributed by atoms with Crippen LogP contribution in [0.15, 0.2) is 140 Å². The van der Waals surface area contributed by atoms with Crippen LogP contribution in [0.4, 0.5) is 0 Å². The molecule has 6 rings (SSSR count). The predicted octanol–water partition coefficient (Wildman–Crippen LogP) is 7.19. The molecule has 0 N–H and O–H groups in total. The third-order valence-electron chi connectivity index (χ3n) is 7.73. The highest BCUT2D eigenvalue weighted by molar-refractivity contribution is 5.47. The topological polar surface area (TPSA) is 83.1 Å². The normalized spacial score (nSPS) is 16.7. The second kappa shape index (κ2) is 18.0.